The summed E-state index contributed by atoms with van der Waals surface area (Å²) in [6.45, 7) is 32.4. The third-order valence-corrected chi connectivity index (χ3v) is 23.1. The van der Waals surface area contributed by atoms with Gasteiger partial charge in [-0.3, -0.25) is 28.8 Å². The van der Waals surface area contributed by atoms with Crippen LogP contribution in [0, 0.1) is 53.4 Å². The van der Waals surface area contributed by atoms with Gasteiger partial charge in [-0.25, -0.2) is 4.79 Å². The van der Waals surface area contributed by atoms with Gasteiger partial charge in [-0.2, -0.15) is 0 Å². The molecule has 5 unspecified atom stereocenters. The molecule has 129 heavy (non-hydrogen) atoms. The summed E-state index contributed by atoms with van der Waals surface area (Å²) in [6.07, 6.45) is 14.0. The maximum absolute atomic E-state index is 13.0. The number of carbonyl (C=O) groups is 7. The van der Waals surface area contributed by atoms with Crippen molar-refractivity contribution in [1.29, 1.82) is 0 Å². The van der Waals surface area contributed by atoms with Crippen LogP contribution in [0.2, 0.25) is 0 Å². The zero-order valence-electron chi connectivity index (χ0n) is 76.6. The minimum Gasteiger partial charge on any atom is -0.478 e. The minimum absolute atomic E-state index is 0. The van der Waals surface area contributed by atoms with Crippen molar-refractivity contribution >= 4 is 69.9 Å². The van der Waals surface area contributed by atoms with Crippen molar-refractivity contribution < 1.29 is 90.1 Å². The number of nitrogens with zero attached hydrogens (tertiary/aromatic N) is 8. The van der Waals surface area contributed by atoms with Gasteiger partial charge >= 0.3 is 6.03 Å². The number of hydrogen-bond donors (Lipinski definition) is 0. The Morgan fingerprint density at radius 2 is 0.876 bits per heavy atom. The Labute approximate surface area is 773 Å². The number of aryl methyl sites for hydroxylation is 6. The van der Waals surface area contributed by atoms with Gasteiger partial charge in [-0.05, 0) is 232 Å². The Morgan fingerprint density at radius 3 is 1.26 bits per heavy atom. The van der Waals surface area contributed by atoms with Crippen molar-refractivity contribution in [3.63, 3.8) is 0 Å². The molecule has 1 saturated heterocycles. The summed E-state index contributed by atoms with van der Waals surface area (Å²) in [7, 11) is 13.3. The molecule has 6 aromatic rings. The fourth-order valence-electron chi connectivity index (χ4n) is 15.8. The number of anilines is 5. The topological polar surface area (TPSA) is 260 Å². The molecule has 722 valence electrons. The summed E-state index contributed by atoms with van der Waals surface area (Å²) < 4.78 is 65.7. The molecule has 3 fully saturated rings. The quantitative estimate of drug-likeness (QED) is 0.0300. The Kier molecular flexibility index (Phi) is 47.1. The van der Waals surface area contributed by atoms with Gasteiger partial charge in [0.05, 0.1) is 47.1 Å². The second-order valence-corrected chi connectivity index (χ2v) is 33.6. The Balaban J connectivity index is 0.000000397. The number of furan rings is 1. The molecule has 0 radical (unpaired) electrons. The number of urea groups is 1. The van der Waals surface area contributed by atoms with E-state index in [0.717, 1.165) is 156 Å². The molecule has 27 nitrogen and oxygen atoms in total. The van der Waals surface area contributed by atoms with Gasteiger partial charge in [0.15, 0.2) is 17.8 Å². The standard InChI is InChI=1S/C18H21NO4.C17H24N2O4.C17H25NO3.C16H21NO3.C16H23NO3.C12H22N2O2.6CH4/c1-12-5-6-16-15(9-12)19(7-4-8-21-3)18(20)17(23-16)14-11-22-10-13(14)2;1-12-7-8-14-13(11-12)19(9-6-10-22-5)16(21)17(2,23-14)15(20)18(3)4;1-5-17(6-2)16(19)18(10-7-11-20-4)14-12-13(3)8-9-15(14)21-17;1-11-4-7-14-13(10-11)17(8-3-9-19-2)16(18)15(20-14)12-5-6-12;1-11(2)15-16(18)17(8-5-9-19-4)13-10-12(3)6-7-14(13)20-15;1-3-7-14(10-4-5-10)12(15)13-8-6-11(9-13)16-2;;;;;;/h5-6,9-11,17H,4,7-8H2,1-3H3;7-8,11H,6,9-10H2,1-5H3;8-9,12H,5-7,10-11H2,1-4H3;4,7,10,12,15H,3,5-6,8-9H2,1-2H3;6-7,10-11,15H,5,8-9H2,1-4H3;10-11H,3-9H2,1-2H3;6*1H4. The molecule has 6 aliphatic heterocycles. The summed E-state index contributed by atoms with van der Waals surface area (Å²) in [5.41, 5.74) is 9.12. The van der Waals surface area contributed by atoms with Crippen LogP contribution in [-0.2, 0) is 57.2 Å². The summed E-state index contributed by atoms with van der Waals surface area (Å²) in [5.74, 6) is 3.72. The molecule has 0 N–H and O–H groups in total. The van der Waals surface area contributed by atoms with Gasteiger partial charge in [0.25, 0.3) is 41.0 Å². The molecule has 2 saturated carbocycles. The predicted octanol–water partition coefficient (Wildman–Crippen LogP) is 19.2. The first-order valence-corrected chi connectivity index (χ1v) is 43.8. The molecule has 14 rings (SSSR count). The lowest BCUT2D eigenvalue weighted by Crippen LogP contribution is -2.62. The highest BCUT2D eigenvalue weighted by Gasteiger charge is 2.52. The van der Waals surface area contributed by atoms with Gasteiger partial charge in [-0.15, -0.1) is 0 Å². The van der Waals surface area contributed by atoms with Gasteiger partial charge < -0.3 is 95.7 Å². The number of fused-ring (bicyclic) bond motifs is 5. The summed E-state index contributed by atoms with van der Waals surface area (Å²) >= 11 is 0. The number of rotatable bonds is 30. The molecule has 5 atom stereocenters. The van der Waals surface area contributed by atoms with Crippen LogP contribution in [-0.4, -0.2) is 234 Å². The summed E-state index contributed by atoms with van der Waals surface area (Å²) in [5, 5.41) is 0. The molecule has 0 bridgehead atoms. The second-order valence-electron chi connectivity index (χ2n) is 33.6. The normalized spacial score (nSPS) is 18.6. The highest BCUT2D eigenvalue weighted by atomic mass is 16.5. The van der Waals surface area contributed by atoms with E-state index >= 15 is 0 Å². The first-order chi connectivity index (χ1) is 59.0. The smallest absolute Gasteiger partial charge is 0.320 e. The fourth-order valence-corrected chi connectivity index (χ4v) is 15.8. The molecule has 1 aromatic heterocycles. The van der Waals surface area contributed by atoms with Crippen molar-refractivity contribution in [2.45, 2.75) is 253 Å². The number of likely N-dealkylation sites (tertiary alicyclic amines) is 1. The summed E-state index contributed by atoms with van der Waals surface area (Å²) in [6, 6.07) is 30.3. The zero-order valence-corrected chi connectivity index (χ0v) is 76.6. The molecule has 27 heteroatoms. The van der Waals surface area contributed by atoms with Crippen molar-refractivity contribution in [3.05, 3.63) is 142 Å². The lowest BCUT2D eigenvalue weighted by Gasteiger charge is -2.42. The highest BCUT2D eigenvalue weighted by Crippen LogP contribution is 2.46. The second kappa shape index (κ2) is 53.5. The maximum atomic E-state index is 13.0. The van der Waals surface area contributed by atoms with Gasteiger partial charge in [0.2, 0.25) is 6.10 Å². The molecule has 8 aliphatic rings. The third kappa shape index (κ3) is 28.6. The van der Waals surface area contributed by atoms with Crippen LogP contribution < -0.4 is 48.2 Å². The number of hydrogen-bond acceptors (Lipinski definition) is 19. The van der Waals surface area contributed by atoms with Crippen molar-refractivity contribution in [1.82, 2.24) is 14.7 Å². The van der Waals surface area contributed by atoms with Crippen LogP contribution in [0.3, 0.4) is 0 Å². The van der Waals surface area contributed by atoms with Crippen LogP contribution in [0.4, 0.5) is 33.2 Å². The van der Waals surface area contributed by atoms with E-state index in [1.54, 1.807) is 79.1 Å². The summed E-state index contributed by atoms with van der Waals surface area (Å²) in [4.78, 5) is 103. The number of carbonyl (C=O) groups excluding carboxylic acids is 7. The van der Waals surface area contributed by atoms with Crippen molar-refractivity contribution in [2.75, 3.05) is 167 Å². The predicted molar refractivity (Wildman–Crippen MR) is 518 cm³/mol. The average molecular weight is 1800 g/mol. The molecular formula is C102H160N8O19. The maximum Gasteiger partial charge on any atom is 0.320 e. The third-order valence-electron chi connectivity index (χ3n) is 23.1. The van der Waals surface area contributed by atoms with Gasteiger partial charge in [0.1, 0.15) is 28.7 Å². The number of amides is 8. The van der Waals surface area contributed by atoms with Crippen LogP contribution in [0.25, 0.3) is 0 Å². The lowest BCUT2D eigenvalue weighted by atomic mass is 9.92. The van der Waals surface area contributed by atoms with E-state index in [-0.39, 0.29) is 104 Å². The molecule has 2 aliphatic carbocycles. The van der Waals surface area contributed by atoms with Gasteiger partial charge in [0, 0.05) is 160 Å². The van der Waals surface area contributed by atoms with Crippen molar-refractivity contribution in [3.8, 4) is 28.7 Å². The Bertz CT molecular complexity index is 4420. The van der Waals surface area contributed by atoms with E-state index in [1.165, 1.54) is 24.7 Å². The molecule has 7 heterocycles. The first kappa shape index (κ1) is 113. The van der Waals surface area contributed by atoms with E-state index in [4.69, 9.17) is 56.5 Å². The molecule has 5 aromatic carbocycles. The number of likely N-dealkylation sites (N-methyl/N-ethyl adjacent to an activating group) is 1. The van der Waals surface area contributed by atoms with Crippen LogP contribution in [0.15, 0.2) is 108 Å². The van der Waals surface area contributed by atoms with E-state index in [9.17, 15) is 33.6 Å². The monoisotopic (exact) mass is 1800 g/mol. The minimum atomic E-state index is -1.54. The first-order valence-electron chi connectivity index (χ1n) is 43.8. The SMILES string of the molecule is C.C.C.C.C.C.CCC1(CC)Oc2ccc(C)cc2N(CCCOC)C1=O.CCCN(C(=O)N1CCC(OC)C1)C1CC1.COCCCN1C(=O)C(C(C)C)Oc2ccc(C)cc21.COCCCN1C(=O)C(C)(C(=O)N(C)C)Oc2ccc(C)cc21.COCCCN1C(=O)C(C2CC2)Oc2ccc(C)cc21.COCCCN1C(=O)C(c2cocc2C)Oc2ccc(C)cc21. The average Bonchev–Trinajstić information content (AvgIpc) is 1.07. The van der Waals surface area contributed by atoms with Crippen molar-refractivity contribution in [2.24, 2.45) is 11.8 Å². The molecule has 0 spiro atoms. The zero-order chi connectivity index (χ0) is 89.4. The molecular weight excluding hydrogens is 1640 g/mol. The van der Waals surface area contributed by atoms with Crippen LogP contribution >= 0.6 is 0 Å². The lowest BCUT2D eigenvalue weighted by molar-refractivity contribution is -0.154. The van der Waals surface area contributed by atoms with Crippen LogP contribution in [0.1, 0.15) is 215 Å². The van der Waals surface area contributed by atoms with Crippen LogP contribution in [0.5, 0.6) is 28.7 Å². The number of methoxy groups -OCH3 is 6. The Morgan fingerprint density at radius 1 is 0.481 bits per heavy atom. The highest BCUT2D eigenvalue weighted by molar-refractivity contribution is 6.16. The van der Waals surface area contributed by atoms with E-state index < -0.39 is 23.4 Å². The van der Waals surface area contributed by atoms with E-state index in [1.807, 2.05) is 180 Å². The van der Waals surface area contributed by atoms with E-state index in [2.05, 4.69) is 11.8 Å². The largest absolute Gasteiger partial charge is 0.478 e. The number of ether oxygens (including phenoxy) is 11. The molecule has 8 amide bonds. The van der Waals surface area contributed by atoms with Gasteiger partial charge in [-0.1, -0.05) is 110 Å². The fraction of sp³-hybridized carbons (Fsp3) is 0.598. The number of benzene rings is 5. The Hall–Kier alpha value is -9.77. The van der Waals surface area contributed by atoms with E-state index in [0.29, 0.717) is 108 Å².